The number of hydrogen-bond donors (Lipinski definition) is 1. The van der Waals surface area contributed by atoms with Gasteiger partial charge >= 0.3 is 12.2 Å². The van der Waals surface area contributed by atoms with Crippen LogP contribution >= 0.6 is 50.2 Å². The summed E-state index contributed by atoms with van der Waals surface area (Å²) in [6, 6.07) is 5.21. The Bertz CT molecular complexity index is 1430. The van der Waals surface area contributed by atoms with Crippen molar-refractivity contribution in [2.24, 2.45) is 0 Å². The third-order valence-electron chi connectivity index (χ3n) is 6.15. The van der Waals surface area contributed by atoms with Crippen molar-refractivity contribution < 1.29 is 23.8 Å². The van der Waals surface area contributed by atoms with Crippen LogP contribution in [0.15, 0.2) is 40.2 Å². The molecule has 1 N–H and O–H groups in total. The minimum Gasteiger partial charge on any atom is -0.444 e. The topological polar surface area (TPSA) is 90.0 Å². The summed E-state index contributed by atoms with van der Waals surface area (Å²) in [4.78, 5) is 34.6. The van der Waals surface area contributed by atoms with E-state index in [-0.39, 0.29) is 17.2 Å². The molecule has 8 nitrogen and oxygen atoms in total. The van der Waals surface area contributed by atoms with Gasteiger partial charge in [-0.1, -0.05) is 29.8 Å². The van der Waals surface area contributed by atoms with E-state index in [1.54, 1.807) is 29.4 Å². The molecule has 2 amide bonds. The SMILES string of the molecule is CO[C@@H]1C=CCC(c2sc3c(N(Cc4cccs4)C(=O)OC(C)(C)C)cc(Cl)nc3c2Br)C1NC(=O)OC(C)(C)C. The van der Waals surface area contributed by atoms with Crippen LogP contribution in [0.1, 0.15) is 63.6 Å². The minimum atomic E-state index is -0.688. The maximum absolute atomic E-state index is 13.6. The largest absolute Gasteiger partial charge is 0.444 e. The maximum Gasteiger partial charge on any atom is 0.415 e. The molecule has 0 saturated carbocycles. The predicted octanol–water partition coefficient (Wildman–Crippen LogP) is 8.67. The standard InChI is InChI=1S/C29H35BrClN3O5S2/c1-28(2,3)38-26(35)33-22-17(11-8-12-19(22)37-7)24-21(30)23-25(41-24)18(14-20(31)32-23)34(15-16-10-9-13-40-16)27(36)39-29(4,5)6/h8-10,12-14,17,19,22H,11,15H2,1-7H3,(H,33,35)/t17?,19-,22?/m1/s1. The highest BCUT2D eigenvalue weighted by Crippen LogP contribution is 2.47. The third kappa shape index (κ3) is 7.81. The molecular formula is C29H35BrClN3O5S2. The highest BCUT2D eigenvalue weighted by molar-refractivity contribution is 9.10. The molecule has 4 rings (SSSR count). The number of allylic oxidation sites excluding steroid dienone is 1. The zero-order chi connectivity index (χ0) is 30.1. The second-order valence-electron chi connectivity index (χ2n) is 11.7. The highest BCUT2D eigenvalue weighted by Gasteiger charge is 2.37. The van der Waals surface area contributed by atoms with Gasteiger partial charge in [0.2, 0.25) is 0 Å². The number of alkyl carbamates (subject to hydrolysis) is 1. The Hall–Kier alpha value is -2.18. The van der Waals surface area contributed by atoms with Gasteiger partial charge in [0.25, 0.3) is 0 Å². The van der Waals surface area contributed by atoms with Crippen molar-refractivity contribution in [2.75, 3.05) is 12.0 Å². The second-order valence-corrected chi connectivity index (χ2v) is 15.0. The van der Waals surface area contributed by atoms with Crippen molar-refractivity contribution in [2.45, 2.75) is 83.8 Å². The fraction of sp³-hybridized carbons (Fsp3) is 0.483. The molecule has 0 aliphatic heterocycles. The first-order valence-electron chi connectivity index (χ1n) is 13.2. The van der Waals surface area contributed by atoms with E-state index in [9.17, 15) is 9.59 Å². The number of ether oxygens (including phenoxy) is 3. The average Bonchev–Trinajstić information content (AvgIpc) is 3.48. The summed E-state index contributed by atoms with van der Waals surface area (Å²) in [6.45, 7) is 11.3. The zero-order valence-corrected chi connectivity index (χ0v) is 28.1. The van der Waals surface area contributed by atoms with Crippen LogP contribution in [-0.2, 0) is 20.8 Å². The number of pyridine rings is 1. The molecule has 0 bridgehead atoms. The van der Waals surface area contributed by atoms with Crippen LogP contribution in [0.25, 0.3) is 10.2 Å². The van der Waals surface area contributed by atoms with Gasteiger partial charge in [0.05, 0.1) is 39.1 Å². The smallest absolute Gasteiger partial charge is 0.415 e. The maximum atomic E-state index is 13.6. The number of rotatable bonds is 6. The molecule has 0 radical (unpaired) electrons. The van der Waals surface area contributed by atoms with E-state index in [1.165, 1.54) is 11.3 Å². The lowest BCUT2D eigenvalue weighted by atomic mass is 9.85. The first-order chi connectivity index (χ1) is 19.2. The van der Waals surface area contributed by atoms with Crippen LogP contribution in [0.4, 0.5) is 15.3 Å². The van der Waals surface area contributed by atoms with E-state index in [0.29, 0.717) is 24.2 Å². The number of anilines is 1. The molecule has 0 saturated heterocycles. The predicted molar refractivity (Wildman–Crippen MR) is 170 cm³/mol. The van der Waals surface area contributed by atoms with E-state index in [1.807, 2.05) is 71.2 Å². The van der Waals surface area contributed by atoms with Gasteiger partial charge in [0, 0.05) is 28.8 Å². The summed E-state index contributed by atoms with van der Waals surface area (Å²) >= 11 is 13.4. The Morgan fingerprint density at radius 2 is 1.90 bits per heavy atom. The van der Waals surface area contributed by atoms with Gasteiger partial charge in [-0.15, -0.1) is 22.7 Å². The second kappa shape index (κ2) is 12.6. The van der Waals surface area contributed by atoms with Crippen LogP contribution in [-0.4, -0.2) is 47.6 Å². The molecule has 2 unspecified atom stereocenters. The fourth-order valence-electron chi connectivity index (χ4n) is 4.55. The molecule has 0 spiro atoms. The van der Waals surface area contributed by atoms with Crippen LogP contribution in [0.2, 0.25) is 5.15 Å². The number of aromatic nitrogens is 1. The lowest BCUT2D eigenvalue weighted by Gasteiger charge is -2.35. The zero-order valence-electron chi connectivity index (χ0n) is 24.1. The summed E-state index contributed by atoms with van der Waals surface area (Å²) in [7, 11) is 1.61. The first-order valence-corrected chi connectivity index (χ1v) is 16.0. The number of nitrogens with zero attached hydrogens (tertiary/aromatic N) is 2. The minimum absolute atomic E-state index is 0.162. The van der Waals surface area contributed by atoms with Crippen molar-refractivity contribution in [3.8, 4) is 0 Å². The number of thiophene rings is 2. The Morgan fingerprint density at radius 3 is 2.51 bits per heavy atom. The lowest BCUT2D eigenvalue weighted by Crippen LogP contribution is -2.49. The number of amides is 2. The van der Waals surface area contributed by atoms with Crippen LogP contribution in [0.3, 0.4) is 0 Å². The van der Waals surface area contributed by atoms with E-state index in [0.717, 1.165) is 18.9 Å². The third-order valence-corrected chi connectivity index (χ3v) is 9.61. The van der Waals surface area contributed by atoms with Crippen LogP contribution in [0, 0.1) is 0 Å². The highest BCUT2D eigenvalue weighted by atomic mass is 79.9. The Morgan fingerprint density at radius 1 is 1.20 bits per heavy atom. The number of methoxy groups -OCH3 is 1. The van der Waals surface area contributed by atoms with Crippen molar-refractivity contribution in [3.63, 3.8) is 0 Å². The summed E-state index contributed by atoms with van der Waals surface area (Å²) < 4.78 is 18.7. The molecule has 3 aromatic heterocycles. The molecule has 3 heterocycles. The molecular weight excluding hydrogens is 650 g/mol. The average molecular weight is 685 g/mol. The lowest BCUT2D eigenvalue weighted by molar-refractivity contribution is 0.0375. The molecule has 3 aromatic rings. The quantitative estimate of drug-likeness (QED) is 0.207. The molecule has 0 fully saturated rings. The number of halogens is 2. The van der Waals surface area contributed by atoms with Gasteiger partial charge in [0.1, 0.15) is 16.4 Å². The molecule has 222 valence electrons. The van der Waals surface area contributed by atoms with Gasteiger partial charge in [0.15, 0.2) is 0 Å². The summed E-state index contributed by atoms with van der Waals surface area (Å²) in [6.07, 6.45) is 3.28. The number of nitrogens with one attached hydrogen (secondary N) is 1. The monoisotopic (exact) mass is 683 g/mol. The van der Waals surface area contributed by atoms with Gasteiger partial charge < -0.3 is 19.5 Å². The van der Waals surface area contributed by atoms with Crippen LogP contribution < -0.4 is 10.2 Å². The van der Waals surface area contributed by atoms with Gasteiger partial charge in [-0.05, 0) is 75.3 Å². The number of fused-ring (bicyclic) bond motifs is 1. The molecule has 0 aromatic carbocycles. The first kappa shape index (κ1) is 31.7. The molecule has 1 aliphatic carbocycles. The van der Waals surface area contributed by atoms with E-state index in [2.05, 4.69) is 26.2 Å². The summed E-state index contributed by atoms with van der Waals surface area (Å²) in [5.74, 6) is -0.162. The molecule has 1 aliphatic rings. The van der Waals surface area contributed by atoms with E-state index < -0.39 is 29.4 Å². The van der Waals surface area contributed by atoms with Crippen LogP contribution in [0.5, 0.6) is 0 Å². The number of hydrogen-bond acceptors (Lipinski definition) is 8. The molecule has 12 heteroatoms. The summed E-state index contributed by atoms with van der Waals surface area (Å²) in [5.41, 5.74) is -0.0992. The van der Waals surface area contributed by atoms with Crippen molar-refractivity contribution >= 4 is 78.3 Å². The van der Waals surface area contributed by atoms with Gasteiger partial charge in [-0.2, -0.15) is 0 Å². The fourth-order valence-corrected chi connectivity index (χ4v) is 7.70. The van der Waals surface area contributed by atoms with E-state index >= 15 is 0 Å². The molecule has 3 atom stereocenters. The Kier molecular flexibility index (Phi) is 9.75. The van der Waals surface area contributed by atoms with Crippen molar-refractivity contribution in [1.82, 2.24) is 10.3 Å². The van der Waals surface area contributed by atoms with Crippen molar-refractivity contribution in [1.29, 1.82) is 0 Å². The van der Waals surface area contributed by atoms with Crippen molar-refractivity contribution in [3.05, 3.63) is 55.1 Å². The van der Waals surface area contributed by atoms with Gasteiger partial charge in [-0.3, -0.25) is 4.90 Å². The number of carbonyl (C=O) groups excluding carboxylic acids is 2. The van der Waals surface area contributed by atoms with Gasteiger partial charge in [-0.25, -0.2) is 14.6 Å². The Balaban J connectivity index is 1.80. The van der Waals surface area contributed by atoms with E-state index in [4.69, 9.17) is 25.8 Å². The number of carbonyl (C=O) groups is 2. The normalized spacial score (nSPS) is 19.3. The molecule has 41 heavy (non-hydrogen) atoms. The Labute approximate surface area is 262 Å². The summed E-state index contributed by atoms with van der Waals surface area (Å²) in [5, 5.41) is 5.26.